The number of amides is 1. The first-order valence-corrected chi connectivity index (χ1v) is 7.24. The molecule has 2 rings (SSSR count). The van der Waals surface area contributed by atoms with E-state index in [2.05, 4.69) is 24.5 Å². The molecular formula is C14H27N3O. The molecule has 0 aromatic carbocycles. The number of nitrogens with two attached hydrogens (primary N) is 1. The zero-order valence-corrected chi connectivity index (χ0v) is 11.7. The minimum absolute atomic E-state index is 0.127. The predicted molar refractivity (Wildman–Crippen MR) is 73.2 cm³/mol. The Kier molecular flexibility index (Phi) is 4.28. The minimum atomic E-state index is 0.127. The van der Waals surface area contributed by atoms with Crippen LogP contribution in [0, 0.1) is 5.41 Å². The van der Waals surface area contributed by atoms with Gasteiger partial charge < -0.3 is 16.4 Å². The van der Waals surface area contributed by atoms with Crippen molar-refractivity contribution in [3.8, 4) is 0 Å². The molecule has 0 aliphatic heterocycles. The maximum absolute atomic E-state index is 11.8. The lowest BCUT2D eigenvalue weighted by Crippen LogP contribution is -2.45. The van der Waals surface area contributed by atoms with Crippen molar-refractivity contribution in [1.82, 2.24) is 10.6 Å². The molecular weight excluding hydrogens is 226 g/mol. The third-order valence-corrected chi connectivity index (χ3v) is 4.10. The van der Waals surface area contributed by atoms with Crippen LogP contribution in [0.4, 0.5) is 0 Å². The Morgan fingerprint density at radius 3 is 2.56 bits per heavy atom. The summed E-state index contributed by atoms with van der Waals surface area (Å²) in [6, 6.07) is 1.10. The van der Waals surface area contributed by atoms with Crippen LogP contribution in [0.2, 0.25) is 0 Å². The van der Waals surface area contributed by atoms with E-state index >= 15 is 0 Å². The summed E-state index contributed by atoms with van der Waals surface area (Å²) in [5.74, 6) is 0.151. The third-order valence-electron chi connectivity index (χ3n) is 4.10. The summed E-state index contributed by atoms with van der Waals surface area (Å²) in [5, 5.41) is 6.59. The van der Waals surface area contributed by atoms with Crippen LogP contribution < -0.4 is 16.4 Å². The van der Waals surface area contributed by atoms with Crippen molar-refractivity contribution in [3.63, 3.8) is 0 Å². The van der Waals surface area contributed by atoms with E-state index in [1.54, 1.807) is 0 Å². The first-order valence-electron chi connectivity index (χ1n) is 7.24. The lowest BCUT2D eigenvalue weighted by Gasteiger charge is -2.23. The summed E-state index contributed by atoms with van der Waals surface area (Å²) in [4.78, 5) is 11.8. The fourth-order valence-corrected chi connectivity index (χ4v) is 2.86. The molecule has 2 aliphatic carbocycles. The molecule has 4 nitrogen and oxygen atoms in total. The molecule has 2 atom stereocenters. The van der Waals surface area contributed by atoms with E-state index in [0.717, 1.165) is 12.8 Å². The first kappa shape index (κ1) is 13.8. The monoisotopic (exact) mass is 253 g/mol. The lowest BCUT2D eigenvalue weighted by atomic mass is 9.92. The van der Waals surface area contributed by atoms with E-state index in [1.165, 1.54) is 19.3 Å². The quantitative estimate of drug-likeness (QED) is 0.665. The van der Waals surface area contributed by atoms with E-state index in [0.29, 0.717) is 30.5 Å². The zero-order chi connectivity index (χ0) is 13.2. The molecule has 0 heterocycles. The summed E-state index contributed by atoms with van der Waals surface area (Å²) >= 11 is 0. The van der Waals surface area contributed by atoms with E-state index in [9.17, 15) is 4.79 Å². The molecule has 0 aromatic rings. The standard InChI is InChI=1S/C14H27N3O/c1-14(2)6-5-11(8-14)16-12(9-15)7-13(18)17-10-3-4-10/h10-12,16H,3-9,15H2,1-2H3,(H,17,18). The number of nitrogens with one attached hydrogen (secondary N) is 2. The molecule has 0 radical (unpaired) electrons. The normalized spacial score (nSPS) is 28.1. The van der Waals surface area contributed by atoms with Crippen molar-refractivity contribution >= 4 is 5.91 Å². The number of carbonyl (C=O) groups excluding carboxylic acids is 1. The van der Waals surface area contributed by atoms with Crippen LogP contribution in [-0.4, -0.2) is 30.6 Å². The highest BCUT2D eigenvalue weighted by Gasteiger charge is 2.32. The van der Waals surface area contributed by atoms with Crippen molar-refractivity contribution in [3.05, 3.63) is 0 Å². The average Bonchev–Trinajstić information content (AvgIpc) is 3.02. The highest BCUT2D eigenvalue weighted by molar-refractivity contribution is 5.77. The SMILES string of the molecule is CC1(C)CCC(NC(CN)CC(=O)NC2CC2)C1. The van der Waals surface area contributed by atoms with Crippen molar-refractivity contribution in [2.24, 2.45) is 11.1 Å². The molecule has 1 amide bonds. The summed E-state index contributed by atoms with van der Waals surface area (Å²) < 4.78 is 0. The Morgan fingerprint density at radius 2 is 2.06 bits per heavy atom. The van der Waals surface area contributed by atoms with Crippen LogP contribution in [0.3, 0.4) is 0 Å². The topological polar surface area (TPSA) is 67.1 Å². The maximum atomic E-state index is 11.8. The molecule has 0 saturated heterocycles. The summed E-state index contributed by atoms with van der Waals surface area (Å²) in [6.07, 6.45) is 6.45. The van der Waals surface area contributed by atoms with Gasteiger partial charge in [-0.2, -0.15) is 0 Å². The Hall–Kier alpha value is -0.610. The van der Waals surface area contributed by atoms with E-state index < -0.39 is 0 Å². The third kappa shape index (κ3) is 4.25. The van der Waals surface area contributed by atoms with Crippen LogP contribution in [0.1, 0.15) is 52.4 Å². The van der Waals surface area contributed by atoms with Gasteiger partial charge in [0.25, 0.3) is 0 Å². The summed E-state index contributed by atoms with van der Waals surface area (Å²) in [5.41, 5.74) is 6.21. The van der Waals surface area contributed by atoms with E-state index in [1.807, 2.05) is 0 Å². The average molecular weight is 253 g/mol. The molecule has 2 fully saturated rings. The predicted octanol–water partition coefficient (Wildman–Crippen LogP) is 1.15. The van der Waals surface area contributed by atoms with Crippen molar-refractivity contribution in [1.29, 1.82) is 0 Å². The Labute approximate surface area is 110 Å². The summed E-state index contributed by atoms with van der Waals surface area (Å²) in [6.45, 7) is 5.16. The maximum Gasteiger partial charge on any atom is 0.221 e. The largest absolute Gasteiger partial charge is 0.353 e. The second-order valence-corrected chi connectivity index (χ2v) is 6.75. The Morgan fingerprint density at radius 1 is 1.33 bits per heavy atom. The van der Waals surface area contributed by atoms with Crippen LogP contribution in [-0.2, 0) is 4.79 Å². The molecule has 0 spiro atoms. The molecule has 2 aliphatic rings. The van der Waals surface area contributed by atoms with Crippen LogP contribution in [0.25, 0.3) is 0 Å². The van der Waals surface area contributed by atoms with Crippen molar-refractivity contribution < 1.29 is 4.79 Å². The van der Waals surface area contributed by atoms with Crippen LogP contribution in [0.5, 0.6) is 0 Å². The van der Waals surface area contributed by atoms with E-state index in [-0.39, 0.29) is 11.9 Å². The minimum Gasteiger partial charge on any atom is -0.353 e. The van der Waals surface area contributed by atoms with Gasteiger partial charge in [0, 0.05) is 31.1 Å². The highest BCUT2D eigenvalue weighted by Crippen LogP contribution is 2.37. The van der Waals surface area contributed by atoms with Gasteiger partial charge in [-0.3, -0.25) is 4.79 Å². The molecule has 0 aromatic heterocycles. The fraction of sp³-hybridized carbons (Fsp3) is 0.929. The van der Waals surface area contributed by atoms with Gasteiger partial charge in [-0.1, -0.05) is 13.8 Å². The lowest BCUT2D eigenvalue weighted by molar-refractivity contribution is -0.121. The Balaban J connectivity index is 1.72. The van der Waals surface area contributed by atoms with Gasteiger partial charge >= 0.3 is 0 Å². The zero-order valence-electron chi connectivity index (χ0n) is 11.7. The first-order chi connectivity index (χ1) is 8.48. The van der Waals surface area contributed by atoms with Gasteiger partial charge in [0.15, 0.2) is 0 Å². The molecule has 18 heavy (non-hydrogen) atoms. The van der Waals surface area contributed by atoms with Crippen molar-refractivity contribution in [2.75, 3.05) is 6.54 Å². The van der Waals surface area contributed by atoms with Gasteiger partial charge in [0.1, 0.15) is 0 Å². The molecule has 2 unspecified atom stereocenters. The van der Waals surface area contributed by atoms with Gasteiger partial charge in [0.05, 0.1) is 0 Å². The van der Waals surface area contributed by atoms with Crippen LogP contribution >= 0.6 is 0 Å². The Bertz CT molecular complexity index is 299. The van der Waals surface area contributed by atoms with Crippen molar-refractivity contribution in [2.45, 2.75) is 70.5 Å². The molecule has 4 N–H and O–H groups in total. The number of hydrogen-bond acceptors (Lipinski definition) is 3. The molecule has 4 heteroatoms. The van der Waals surface area contributed by atoms with E-state index in [4.69, 9.17) is 5.73 Å². The highest BCUT2D eigenvalue weighted by atomic mass is 16.1. The fourth-order valence-electron chi connectivity index (χ4n) is 2.86. The second kappa shape index (κ2) is 5.57. The molecule has 2 saturated carbocycles. The summed E-state index contributed by atoms with van der Waals surface area (Å²) in [7, 11) is 0. The van der Waals surface area contributed by atoms with Gasteiger partial charge in [-0.05, 0) is 37.5 Å². The smallest absolute Gasteiger partial charge is 0.221 e. The molecule has 0 bridgehead atoms. The molecule has 104 valence electrons. The van der Waals surface area contributed by atoms with Gasteiger partial charge in [0.2, 0.25) is 5.91 Å². The second-order valence-electron chi connectivity index (χ2n) is 6.75. The number of hydrogen-bond donors (Lipinski definition) is 3. The van der Waals surface area contributed by atoms with Gasteiger partial charge in [-0.15, -0.1) is 0 Å². The van der Waals surface area contributed by atoms with Gasteiger partial charge in [-0.25, -0.2) is 0 Å². The van der Waals surface area contributed by atoms with Crippen LogP contribution in [0.15, 0.2) is 0 Å². The number of rotatable bonds is 6. The number of carbonyl (C=O) groups is 1.